The highest BCUT2D eigenvalue weighted by atomic mass is 16.6. The standard InChI is InChI=1S/C17H25N3O4.C2H6/c1-17(2,3)24-16(21)19-10-8-14(9-11-19)18-12-13-6-4-5-7-15(13)20(22)23;1-2/h4-7,14,18H,8-12H2,1-3H3;1-2H3. The van der Waals surface area contributed by atoms with Gasteiger partial charge < -0.3 is 15.0 Å². The molecule has 1 saturated heterocycles. The first-order valence-corrected chi connectivity index (χ1v) is 9.20. The van der Waals surface area contributed by atoms with Gasteiger partial charge in [-0.15, -0.1) is 0 Å². The van der Waals surface area contributed by atoms with Crippen molar-refractivity contribution in [3.05, 3.63) is 39.9 Å². The molecule has 0 saturated carbocycles. The molecule has 0 radical (unpaired) electrons. The lowest BCUT2D eigenvalue weighted by atomic mass is 10.0. The zero-order chi connectivity index (χ0) is 19.7. The molecule has 0 spiro atoms. The van der Waals surface area contributed by atoms with E-state index in [0.29, 0.717) is 25.2 Å². The first kappa shape index (κ1) is 21.9. The van der Waals surface area contributed by atoms with Crippen molar-refractivity contribution in [3.63, 3.8) is 0 Å². The highest BCUT2D eigenvalue weighted by Crippen LogP contribution is 2.19. The van der Waals surface area contributed by atoms with Gasteiger partial charge in [0.25, 0.3) is 5.69 Å². The van der Waals surface area contributed by atoms with Crippen LogP contribution in [-0.4, -0.2) is 40.6 Å². The Bertz CT molecular complexity index is 591. The number of nitrogens with zero attached hydrogens (tertiary/aromatic N) is 2. The fourth-order valence-corrected chi connectivity index (χ4v) is 2.69. The van der Waals surface area contributed by atoms with Crippen molar-refractivity contribution >= 4 is 11.8 Å². The number of carbonyl (C=O) groups excluding carboxylic acids is 1. The quantitative estimate of drug-likeness (QED) is 0.641. The molecule has 2 rings (SSSR count). The lowest BCUT2D eigenvalue weighted by Gasteiger charge is -2.33. The van der Waals surface area contributed by atoms with Gasteiger partial charge in [0, 0.05) is 37.3 Å². The maximum absolute atomic E-state index is 12.0. The number of hydrogen-bond acceptors (Lipinski definition) is 5. The predicted octanol–water partition coefficient (Wildman–Crippen LogP) is 4.11. The number of likely N-dealkylation sites (tertiary alicyclic amines) is 1. The summed E-state index contributed by atoms with van der Waals surface area (Å²) >= 11 is 0. The second-order valence-corrected chi connectivity index (χ2v) is 7.01. The van der Waals surface area contributed by atoms with Crippen molar-refractivity contribution in [1.29, 1.82) is 0 Å². The summed E-state index contributed by atoms with van der Waals surface area (Å²) in [4.78, 5) is 24.4. The van der Waals surface area contributed by atoms with Crippen LogP contribution in [0.4, 0.5) is 10.5 Å². The lowest BCUT2D eigenvalue weighted by Crippen LogP contribution is -2.46. The minimum absolute atomic E-state index is 0.135. The van der Waals surface area contributed by atoms with Crippen LogP contribution in [0, 0.1) is 10.1 Å². The third-order valence-corrected chi connectivity index (χ3v) is 3.92. The zero-order valence-electron chi connectivity index (χ0n) is 16.4. The SMILES string of the molecule is CC.CC(C)(C)OC(=O)N1CCC(NCc2ccccc2[N+](=O)[O-])CC1. The Kier molecular flexibility index (Phi) is 8.51. The number of nitrogens with one attached hydrogen (secondary N) is 1. The van der Waals surface area contributed by atoms with Gasteiger partial charge in [-0.1, -0.05) is 32.0 Å². The molecule has 1 aromatic carbocycles. The molecule has 1 amide bonds. The fourth-order valence-electron chi connectivity index (χ4n) is 2.69. The van der Waals surface area contributed by atoms with Crippen LogP contribution in [0.1, 0.15) is 53.0 Å². The average molecular weight is 365 g/mol. The molecular formula is C19H31N3O4. The number of nitro benzene ring substituents is 1. The highest BCUT2D eigenvalue weighted by molar-refractivity contribution is 5.68. The van der Waals surface area contributed by atoms with Crippen LogP contribution in [-0.2, 0) is 11.3 Å². The molecule has 0 aliphatic carbocycles. The largest absolute Gasteiger partial charge is 0.444 e. The topological polar surface area (TPSA) is 84.7 Å². The Morgan fingerprint density at radius 2 is 1.85 bits per heavy atom. The van der Waals surface area contributed by atoms with Gasteiger partial charge in [0.2, 0.25) is 0 Å². The van der Waals surface area contributed by atoms with Crippen LogP contribution in [0.15, 0.2) is 24.3 Å². The van der Waals surface area contributed by atoms with Crippen molar-refractivity contribution in [2.75, 3.05) is 13.1 Å². The second kappa shape index (κ2) is 10.1. The molecule has 0 atom stereocenters. The van der Waals surface area contributed by atoms with Gasteiger partial charge in [-0.25, -0.2) is 4.79 Å². The summed E-state index contributed by atoms with van der Waals surface area (Å²) in [5.41, 5.74) is 0.326. The number of nitro groups is 1. The molecule has 7 nitrogen and oxygen atoms in total. The lowest BCUT2D eigenvalue weighted by molar-refractivity contribution is -0.385. The Balaban J connectivity index is 0.00000163. The molecule has 0 aromatic heterocycles. The van der Waals surface area contributed by atoms with Gasteiger partial charge in [-0.2, -0.15) is 0 Å². The number of hydrogen-bond donors (Lipinski definition) is 1. The van der Waals surface area contributed by atoms with E-state index in [0.717, 1.165) is 12.8 Å². The summed E-state index contributed by atoms with van der Waals surface area (Å²) in [5.74, 6) is 0. The van der Waals surface area contributed by atoms with Crippen molar-refractivity contribution in [2.24, 2.45) is 0 Å². The molecule has 1 fully saturated rings. The number of benzene rings is 1. The van der Waals surface area contributed by atoms with Crippen LogP contribution in [0.5, 0.6) is 0 Å². The summed E-state index contributed by atoms with van der Waals surface area (Å²) in [6.07, 6.45) is 1.33. The Morgan fingerprint density at radius 3 is 2.38 bits per heavy atom. The normalized spacial score (nSPS) is 15.0. The summed E-state index contributed by atoms with van der Waals surface area (Å²) in [5, 5.41) is 14.4. The number of ether oxygens (including phenoxy) is 1. The summed E-state index contributed by atoms with van der Waals surface area (Å²) < 4.78 is 5.38. The van der Waals surface area contributed by atoms with E-state index < -0.39 is 5.60 Å². The molecular weight excluding hydrogens is 334 g/mol. The van der Waals surface area contributed by atoms with Crippen LogP contribution in [0.3, 0.4) is 0 Å². The van der Waals surface area contributed by atoms with E-state index in [2.05, 4.69) is 5.32 Å². The van der Waals surface area contributed by atoms with E-state index in [4.69, 9.17) is 4.74 Å². The number of rotatable bonds is 4. The van der Waals surface area contributed by atoms with E-state index in [1.165, 1.54) is 6.07 Å². The maximum atomic E-state index is 12.0. The van der Waals surface area contributed by atoms with E-state index in [-0.39, 0.29) is 22.7 Å². The summed E-state index contributed by atoms with van der Waals surface area (Å²) in [6, 6.07) is 6.99. The van der Waals surface area contributed by atoms with E-state index >= 15 is 0 Å². The van der Waals surface area contributed by atoms with Crippen molar-refractivity contribution in [2.45, 2.75) is 65.6 Å². The molecule has 1 aromatic rings. The molecule has 0 unspecified atom stereocenters. The molecule has 1 aliphatic heterocycles. The third kappa shape index (κ3) is 7.00. The molecule has 1 heterocycles. The first-order valence-electron chi connectivity index (χ1n) is 9.20. The van der Waals surface area contributed by atoms with Crippen LogP contribution < -0.4 is 5.32 Å². The minimum atomic E-state index is -0.488. The smallest absolute Gasteiger partial charge is 0.410 e. The number of amides is 1. The minimum Gasteiger partial charge on any atom is -0.444 e. The van der Waals surface area contributed by atoms with Crippen molar-refractivity contribution in [3.8, 4) is 0 Å². The van der Waals surface area contributed by atoms with E-state index in [1.807, 2.05) is 34.6 Å². The van der Waals surface area contributed by atoms with Gasteiger partial charge in [0.05, 0.1) is 4.92 Å². The predicted molar refractivity (Wildman–Crippen MR) is 102 cm³/mol. The van der Waals surface area contributed by atoms with E-state index in [9.17, 15) is 14.9 Å². The van der Waals surface area contributed by atoms with Crippen LogP contribution in [0.2, 0.25) is 0 Å². The molecule has 0 bridgehead atoms. The molecule has 1 aliphatic rings. The number of carbonyl (C=O) groups is 1. The number of para-hydroxylation sites is 1. The van der Waals surface area contributed by atoms with E-state index in [1.54, 1.807) is 23.1 Å². The summed E-state index contributed by atoms with van der Waals surface area (Å²) in [7, 11) is 0. The van der Waals surface area contributed by atoms with Gasteiger partial charge in [-0.05, 0) is 33.6 Å². The van der Waals surface area contributed by atoms with Crippen LogP contribution >= 0.6 is 0 Å². The summed E-state index contributed by atoms with van der Waals surface area (Å²) in [6.45, 7) is 11.3. The number of piperidine rings is 1. The van der Waals surface area contributed by atoms with Crippen LogP contribution in [0.25, 0.3) is 0 Å². The highest BCUT2D eigenvalue weighted by Gasteiger charge is 2.26. The average Bonchev–Trinajstić information content (AvgIpc) is 2.61. The third-order valence-electron chi connectivity index (χ3n) is 3.92. The first-order chi connectivity index (χ1) is 12.3. The van der Waals surface area contributed by atoms with Gasteiger partial charge >= 0.3 is 6.09 Å². The molecule has 7 heteroatoms. The zero-order valence-corrected chi connectivity index (χ0v) is 16.4. The second-order valence-electron chi connectivity index (χ2n) is 7.01. The Hall–Kier alpha value is -2.15. The monoisotopic (exact) mass is 365 g/mol. The van der Waals surface area contributed by atoms with Crippen molar-refractivity contribution in [1.82, 2.24) is 10.2 Å². The maximum Gasteiger partial charge on any atom is 0.410 e. The van der Waals surface area contributed by atoms with Gasteiger partial charge in [0.1, 0.15) is 5.60 Å². The molecule has 26 heavy (non-hydrogen) atoms. The molecule has 146 valence electrons. The van der Waals surface area contributed by atoms with Gasteiger partial charge in [-0.3, -0.25) is 10.1 Å². The van der Waals surface area contributed by atoms with Crippen molar-refractivity contribution < 1.29 is 14.5 Å². The Morgan fingerprint density at radius 1 is 1.27 bits per heavy atom. The Labute approximate surface area is 155 Å². The fraction of sp³-hybridized carbons (Fsp3) is 0.632. The molecule has 1 N–H and O–H groups in total. The van der Waals surface area contributed by atoms with Gasteiger partial charge in [0.15, 0.2) is 0 Å².